The molecule has 3 rings (SSSR count). The van der Waals surface area contributed by atoms with Gasteiger partial charge in [-0.15, -0.1) is 11.8 Å². The minimum atomic E-state index is -0.873. The summed E-state index contributed by atoms with van der Waals surface area (Å²) in [6, 6.07) is 12.7. The molecule has 0 unspecified atom stereocenters. The molecule has 0 atom stereocenters. The van der Waals surface area contributed by atoms with Crippen LogP contribution in [0, 0.1) is 0 Å². The van der Waals surface area contributed by atoms with Gasteiger partial charge in [-0.25, -0.2) is 0 Å². The Bertz CT molecular complexity index is 870. The third kappa shape index (κ3) is 2.28. The second-order valence-electron chi connectivity index (χ2n) is 4.39. The van der Waals surface area contributed by atoms with Crippen molar-refractivity contribution >= 4 is 39.5 Å². The first-order chi connectivity index (χ1) is 9.65. The molecule has 0 radical (unpaired) electrons. The van der Waals surface area contributed by atoms with E-state index in [2.05, 4.69) is 4.98 Å². The van der Waals surface area contributed by atoms with Crippen LogP contribution in [0.2, 0.25) is 0 Å². The van der Waals surface area contributed by atoms with Crippen LogP contribution in [0.15, 0.2) is 52.2 Å². The highest BCUT2D eigenvalue weighted by atomic mass is 32.2. The number of aromatic amines is 1. The average Bonchev–Trinajstić information content (AvgIpc) is 2.46. The van der Waals surface area contributed by atoms with Crippen molar-refractivity contribution in [1.29, 1.82) is 0 Å². The zero-order valence-corrected chi connectivity index (χ0v) is 11.2. The molecule has 1 aromatic heterocycles. The normalized spacial score (nSPS) is 11.0. The zero-order chi connectivity index (χ0) is 14.1. The van der Waals surface area contributed by atoms with Crippen LogP contribution in [0.3, 0.4) is 0 Å². The second-order valence-corrected chi connectivity index (χ2v) is 5.44. The number of carboxylic acid groups (broad SMARTS) is 1. The molecular formula is C15H11NO3S. The van der Waals surface area contributed by atoms with Crippen LogP contribution in [-0.4, -0.2) is 21.8 Å². The van der Waals surface area contributed by atoms with Gasteiger partial charge in [0.25, 0.3) is 0 Å². The molecule has 0 saturated heterocycles. The van der Waals surface area contributed by atoms with E-state index < -0.39 is 5.97 Å². The lowest BCUT2D eigenvalue weighted by Crippen LogP contribution is -2.04. The van der Waals surface area contributed by atoms with Crippen molar-refractivity contribution in [2.24, 2.45) is 0 Å². The van der Waals surface area contributed by atoms with Crippen molar-refractivity contribution in [1.82, 2.24) is 4.98 Å². The van der Waals surface area contributed by atoms with Crippen LogP contribution in [0.5, 0.6) is 0 Å². The fourth-order valence-electron chi connectivity index (χ4n) is 2.14. The number of fused-ring (bicyclic) bond motifs is 2. The van der Waals surface area contributed by atoms with Crippen molar-refractivity contribution in [2.45, 2.75) is 4.90 Å². The van der Waals surface area contributed by atoms with Gasteiger partial charge in [0.2, 0.25) is 0 Å². The number of benzene rings is 2. The molecule has 5 heteroatoms. The summed E-state index contributed by atoms with van der Waals surface area (Å²) in [5, 5.41) is 9.92. The molecule has 0 aliphatic heterocycles. The molecule has 0 aliphatic carbocycles. The topological polar surface area (TPSA) is 70.2 Å². The van der Waals surface area contributed by atoms with E-state index in [4.69, 9.17) is 5.11 Å². The van der Waals surface area contributed by atoms with E-state index in [0.29, 0.717) is 10.8 Å². The van der Waals surface area contributed by atoms with E-state index in [1.54, 1.807) is 12.1 Å². The van der Waals surface area contributed by atoms with Crippen molar-refractivity contribution in [3.05, 3.63) is 52.7 Å². The van der Waals surface area contributed by atoms with Crippen molar-refractivity contribution in [3.8, 4) is 0 Å². The first kappa shape index (κ1) is 12.7. The fraction of sp³-hybridized carbons (Fsp3) is 0.0667. The predicted molar refractivity (Wildman–Crippen MR) is 80.4 cm³/mol. The largest absolute Gasteiger partial charge is 0.481 e. The fourth-order valence-corrected chi connectivity index (χ4v) is 2.79. The van der Waals surface area contributed by atoms with Gasteiger partial charge in [0.1, 0.15) is 0 Å². The van der Waals surface area contributed by atoms with Gasteiger partial charge < -0.3 is 10.1 Å². The molecule has 0 amide bonds. The summed E-state index contributed by atoms with van der Waals surface area (Å²) in [4.78, 5) is 27.0. The Balaban J connectivity index is 2.18. The molecule has 3 aromatic rings. The highest BCUT2D eigenvalue weighted by Crippen LogP contribution is 2.22. The van der Waals surface area contributed by atoms with Crippen LogP contribution in [0.4, 0.5) is 0 Å². The van der Waals surface area contributed by atoms with E-state index in [-0.39, 0.29) is 11.2 Å². The van der Waals surface area contributed by atoms with Gasteiger partial charge in [-0.05, 0) is 30.3 Å². The summed E-state index contributed by atoms with van der Waals surface area (Å²) in [6.45, 7) is 0. The molecule has 2 N–H and O–H groups in total. The Labute approximate surface area is 118 Å². The van der Waals surface area contributed by atoms with Crippen molar-refractivity contribution in [2.75, 3.05) is 5.75 Å². The number of pyridine rings is 1. The van der Waals surface area contributed by atoms with Crippen LogP contribution in [-0.2, 0) is 4.79 Å². The molecule has 100 valence electrons. The van der Waals surface area contributed by atoms with Gasteiger partial charge in [-0.2, -0.15) is 0 Å². The predicted octanol–water partition coefficient (Wildman–Crippen LogP) is 2.86. The quantitative estimate of drug-likeness (QED) is 0.573. The molecule has 0 fully saturated rings. The maximum atomic E-state index is 12.4. The van der Waals surface area contributed by atoms with Gasteiger partial charge >= 0.3 is 5.97 Å². The molecule has 2 aromatic carbocycles. The molecule has 0 saturated carbocycles. The Morgan fingerprint density at radius 1 is 1.10 bits per heavy atom. The van der Waals surface area contributed by atoms with Gasteiger partial charge in [0, 0.05) is 26.7 Å². The Morgan fingerprint density at radius 2 is 1.85 bits per heavy atom. The second kappa shape index (κ2) is 5.02. The van der Waals surface area contributed by atoms with Crippen LogP contribution < -0.4 is 5.43 Å². The first-order valence-electron chi connectivity index (χ1n) is 6.04. The van der Waals surface area contributed by atoms with E-state index in [1.807, 2.05) is 30.3 Å². The monoisotopic (exact) mass is 285 g/mol. The lowest BCUT2D eigenvalue weighted by molar-refractivity contribution is -0.133. The SMILES string of the molecule is O=C(O)CSc1ccc2[nH]c3ccccc3c(=O)c2c1. The number of aromatic nitrogens is 1. The van der Waals surface area contributed by atoms with Crippen LogP contribution >= 0.6 is 11.8 Å². The lowest BCUT2D eigenvalue weighted by atomic mass is 10.1. The van der Waals surface area contributed by atoms with Crippen LogP contribution in [0.1, 0.15) is 0 Å². The summed E-state index contributed by atoms with van der Waals surface area (Å²) in [5.74, 6) is -0.890. The Kier molecular flexibility index (Phi) is 3.20. The maximum absolute atomic E-state index is 12.4. The van der Waals surface area contributed by atoms with Gasteiger partial charge in [-0.1, -0.05) is 12.1 Å². The number of thioether (sulfide) groups is 1. The Morgan fingerprint density at radius 3 is 2.65 bits per heavy atom. The zero-order valence-electron chi connectivity index (χ0n) is 10.4. The lowest BCUT2D eigenvalue weighted by Gasteiger charge is -2.04. The summed E-state index contributed by atoms with van der Waals surface area (Å²) < 4.78 is 0. The van der Waals surface area contributed by atoms with Crippen molar-refractivity contribution < 1.29 is 9.90 Å². The number of carbonyl (C=O) groups is 1. The number of nitrogens with one attached hydrogen (secondary N) is 1. The molecule has 0 spiro atoms. The van der Waals surface area contributed by atoms with Crippen LogP contribution in [0.25, 0.3) is 21.8 Å². The minimum Gasteiger partial charge on any atom is -0.481 e. The molecule has 1 heterocycles. The third-order valence-electron chi connectivity index (χ3n) is 3.04. The molecule has 0 aliphatic rings. The molecule has 20 heavy (non-hydrogen) atoms. The summed E-state index contributed by atoms with van der Waals surface area (Å²) in [5.41, 5.74) is 1.52. The number of carboxylic acids is 1. The minimum absolute atomic E-state index is 0.0169. The molecular weight excluding hydrogens is 274 g/mol. The average molecular weight is 285 g/mol. The van der Waals surface area contributed by atoms with Crippen molar-refractivity contribution in [3.63, 3.8) is 0 Å². The number of rotatable bonds is 3. The van der Waals surface area contributed by atoms with Gasteiger partial charge in [0.15, 0.2) is 5.43 Å². The van der Waals surface area contributed by atoms with Gasteiger partial charge in [0.05, 0.1) is 5.75 Å². The van der Waals surface area contributed by atoms with Gasteiger partial charge in [-0.3, -0.25) is 9.59 Å². The molecule has 4 nitrogen and oxygen atoms in total. The van der Waals surface area contributed by atoms with E-state index >= 15 is 0 Å². The Hall–Kier alpha value is -2.27. The van der Waals surface area contributed by atoms with E-state index in [1.165, 1.54) is 11.8 Å². The number of hydrogen-bond acceptors (Lipinski definition) is 3. The number of hydrogen-bond donors (Lipinski definition) is 2. The highest BCUT2D eigenvalue weighted by molar-refractivity contribution is 8.00. The molecule has 0 bridgehead atoms. The summed E-state index contributed by atoms with van der Waals surface area (Å²) in [6.07, 6.45) is 0. The van der Waals surface area contributed by atoms with E-state index in [9.17, 15) is 9.59 Å². The number of aliphatic carboxylic acids is 1. The summed E-state index contributed by atoms with van der Waals surface area (Å²) in [7, 11) is 0. The third-order valence-corrected chi connectivity index (χ3v) is 4.02. The van der Waals surface area contributed by atoms with E-state index in [0.717, 1.165) is 15.9 Å². The standard InChI is InChI=1S/C15H11NO3S/c17-14(18)8-20-9-5-6-13-11(7-9)15(19)10-3-1-2-4-12(10)16-13/h1-7H,8H2,(H,16,19)(H,17,18). The first-order valence-corrected chi connectivity index (χ1v) is 7.03. The number of para-hydroxylation sites is 1. The summed E-state index contributed by atoms with van der Waals surface area (Å²) >= 11 is 1.21. The highest BCUT2D eigenvalue weighted by Gasteiger charge is 2.07. The smallest absolute Gasteiger partial charge is 0.313 e. The number of H-pyrrole nitrogens is 1. The maximum Gasteiger partial charge on any atom is 0.313 e.